The summed E-state index contributed by atoms with van der Waals surface area (Å²) in [6.45, 7) is 1.55. The Morgan fingerprint density at radius 1 is 1.22 bits per heavy atom. The zero-order valence-electron chi connectivity index (χ0n) is 11.9. The first-order valence-corrected chi connectivity index (χ1v) is 8.71. The van der Waals surface area contributed by atoms with Crippen LogP contribution in [-0.4, -0.2) is 23.4 Å². The van der Waals surface area contributed by atoms with Gasteiger partial charge in [0.05, 0.1) is 12.2 Å². The van der Waals surface area contributed by atoms with Crippen LogP contribution in [0.4, 0.5) is 5.69 Å². The van der Waals surface area contributed by atoms with Crippen LogP contribution < -0.4 is 14.8 Å². The van der Waals surface area contributed by atoms with E-state index in [1.807, 2.05) is 29.0 Å². The minimum Gasteiger partial charge on any atom is -0.486 e. The van der Waals surface area contributed by atoms with E-state index in [4.69, 9.17) is 14.0 Å². The number of benzene rings is 1. The second kappa shape index (κ2) is 6.21. The molecule has 1 aliphatic heterocycles. The maximum absolute atomic E-state index is 5.59. The fraction of sp³-hybridized carbons (Fsp3) is 0.200. The fourth-order valence-electron chi connectivity index (χ4n) is 2.21. The molecule has 1 N–H and O–H groups in total. The Bertz CT molecular complexity index is 819. The lowest BCUT2D eigenvalue weighted by Crippen LogP contribution is -2.15. The average Bonchev–Trinajstić information content (AvgIpc) is 3.24. The molecule has 3 heterocycles. The molecule has 0 spiro atoms. The second-order valence-corrected chi connectivity index (χ2v) is 6.49. The average molecular weight is 394 g/mol. The number of rotatable bonds is 4. The maximum atomic E-state index is 5.59. The van der Waals surface area contributed by atoms with Gasteiger partial charge in [0.25, 0.3) is 0 Å². The lowest BCUT2D eigenvalue weighted by atomic mass is 10.2. The minimum atomic E-state index is 0.426. The summed E-state index contributed by atoms with van der Waals surface area (Å²) < 4.78 is 17.3. The van der Waals surface area contributed by atoms with Crippen molar-refractivity contribution in [2.24, 2.45) is 0 Å². The van der Waals surface area contributed by atoms with Gasteiger partial charge in [-0.3, -0.25) is 0 Å². The van der Waals surface area contributed by atoms with Gasteiger partial charge in [0, 0.05) is 27.5 Å². The summed E-state index contributed by atoms with van der Waals surface area (Å²) in [5.74, 6) is 2.59. The van der Waals surface area contributed by atoms with E-state index in [9.17, 15) is 0 Å². The van der Waals surface area contributed by atoms with Gasteiger partial charge < -0.3 is 19.3 Å². The highest BCUT2D eigenvalue weighted by Gasteiger charge is 2.15. The van der Waals surface area contributed by atoms with E-state index in [1.54, 1.807) is 11.3 Å². The zero-order valence-corrected chi connectivity index (χ0v) is 14.3. The van der Waals surface area contributed by atoms with Crippen molar-refractivity contribution in [1.82, 2.24) is 10.1 Å². The topological polar surface area (TPSA) is 69.4 Å². The molecule has 6 nitrogen and oxygen atoms in total. The smallest absolute Gasteiger partial charge is 0.246 e. The lowest BCUT2D eigenvalue weighted by Gasteiger charge is -2.20. The number of aromatic nitrogens is 2. The number of anilines is 1. The summed E-state index contributed by atoms with van der Waals surface area (Å²) >= 11 is 5.12. The Morgan fingerprint density at radius 2 is 2.04 bits per heavy atom. The normalized spacial score (nSPS) is 13.1. The summed E-state index contributed by atoms with van der Waals surface area (Å²) in [5.41, 5.74) is 1.84. The van der Waals surface area contributed by atoms with Crippen molar-refractivity contribution < 1.29 is 14.0 Å². The fourth-order valence-corrected chi connectivity index (χ4v) is 3.30. The number of fused-ring (bicyclic) bond motifs is 1. The zero-order chi connectivity index (χ0) is 15.6. The van der Waals surface area contributed by atoms with Crippen LogP contribution in [-0.2, 0) is 6.54 Å². The summed E-state index contributed by atoms with van der Waals surface area (Å²) in [6.07, 6.45) is 0. The molecular formula is C15H12BrN3O3S. The van der Waals surface area contributed by atoms with Gasteiger partial charge in [0.15, 0.2) is 11.5 Å². The third kappa shape index (κ3) is 3.04. The Labute approximate surface area is 144 Å². The molecule has 0 atom stereocenters. The summed E-state index contributed by atoms with van der Waals surface area (Å²) in [5, 5.41) is 11.2. The van der Waals surface area contributed by atoms with Gasteiger partial charge in [-0.05, 0) is 27.4 Å². The first kappa shape index (κ1) is 14.5. The van der Waals surface area contributed by atoms with E-state index >= 15 is 0 Å². The first-order valence-electron chi connectivity index (χ1n) is 6.98. The van der Waals surface area contributed by atoms with Crippen LogP contribution in [0.15, 0.2) is 38.0 Å². The molecule has 0 saturated heterocycles. The van der Waals surface area contributed by atoms with Gasteiger partial charge >= 0.3 is 0 Å². The number of nitrogens with zero attached hydrogens (tertiary/aromatic N) is 2. The number of thiophene rings is 1. The number of nitrogens with one attached hydrogen (secondary N) is 1. The predicted molar refractivity (Wildman–Crippen MR) is 90.1 cm³/mol. The largest absolute Gasteiger partial charge is 0.486 e. The molecule has 2 aromatic heterocycles. The highest BCUT2D eigenvalue weighted by atomic mass is 79.9. The predicted octanol–water partition coefficient (Wildman–Crippen LogP) is 3.94. The van der Waals surface area contributed by atoms with E-state index in [1.165, 1.54) is 0 Å². The molecule has 0 bridgehead atoms. The maximum Gasteiger partial charge on any atom is 0.246 e. The van der Waals surface area contributed by atoms with Crippen LogP contribution in [0.1, 0.15) is 5.89 Å². The minimum absolute atomic E-state index is 0.426. The number of hydrogen-bond acceptors (Lipinski definition) is 7. The highest BCUT2D eigenvalue weighted by molar-refractivity contribution is 9.10. The van der Waals surface area contributed by atoms with E-state index in [0.29, 0.717) is 31.5 Å². The van der Waals surface area contributed by atoms with Crippen LogP contribution >= 0.6 is 27.3 Å². The monoisotopic (exact) mass is 393 g/mol. The molecule has 118 valence electrons. The van der Waals surface area contributed by atoms with E-state index < -0.39 is 0 Å². The number of halogens is 1. The van der Waals surface area contributed by atoms with E-state index in [-0.39, 0.29) is 0 Å². The van der Waals surface area contributed by atoms with Gasteiger partial charge in [-0.15, -0.1) is 0 Å². The standard InChI is InChI=1S/C15H12BrN3O3S/c16-10-5-12-13(21-3-2-20-12)6-11(10)17-7-14-18-15(19-22-14)9-1-4-23-8-9/h1,4-6,8,17H,2-3,7H2. The highest BCUT2D eigenvalue weighted by Crippen LogP contribution is 2.38. The molecular weight excluding hydrogens is 382 g/mol. The van der Waals surface area contributed by atoms with Gasteiger partial charge in [-0.2, -0.15) is 16.3 Å². The molecule has 0 unspecified atom stereocenters. The van der Waals surface area contributed by atoms with Gasteiger partial charge in [0.1, 0.15) is 13.2 Å². The van der Waals surface area contributed by atoms with Gasteiger partial charge in [-0.1, -0.05) is 5.16 Å². The van der Waals surface area contributed by atoms with E-state index in [2.05, 4.69) is 31.4 Å². The van der Waals surface area contributed by atoms with Crippen molar-refractivity contribution in [3.63, 3.8) is 0 Å². The van der Waals surface area contributed by atoms with Gasteiger partial charge in [-0.25, -0.2) is 0 Å². The summed E-state index contributed by atoms with van der Waals surface area (Å²) in [4.78, 5) is 4.38. The van der Waals surface area contributed by atoms with Crippen molar-refractivity contribution in [3.8, 4) is 22.9 Å². The Morgan fingerprint density at radius 3 is 2.83 bits per heavy atom. The number of ether oxygens (including phenoxy) is 2. The van der Waals surface area contributed by atoms with Crippen molar-refractivity contribution in [3.05, 3.63) is 39.3 Å². The van der Waals surface area contributed by atoms with Crippen LogP contribution in [0.2, 0.25) is 0 Å². The van der Waals surface area contributed by atoms with Gasteiger partial charge in [0.2, 0.25) is 11.7 Å². The van der Waals surface area contributed by atoms with Crippen molar-refractivity contribution in [2.45, 2.75) is 6.54 Å². The van der Waals surface area contributed by atoms with Crippen LogP contribution in [0.3, 0.4) is 0 Å². The molecule has 1 aromatic carbocycles. The molecule has 0 radical (unpaired) electrons. The van der Waals surface area contributed by atoms with Crippen molar-refractivity contribution in [2.75, 3.05) is 18.5 Å². The Hall–Kier alpha value is -2.06. The van der Waals surface area contributed by atoms with E-state index in [0.717, 1.165) is 27.2 Å². The molecule has 0 amide bonds. The second-order valence-electron chi connectivity index (χ2n) is 4.85. The third-order valence-electron chi connectivity index (χ3n) is 3.31. The van der Waals surface area contributed by atoms with Crippen molar-refractivity contribution >= 4 is 33.0 Å². The molecule has 1 aliphatic rings. The summed E-state index contributed by atoms with van der Waals surface area (Å²) in [7, 11) is 0. The molecule has 4 rings (SSSR count). The molecule has 3 aromatic rings. The van der Waals surface area contributed by atoms with Crippen LogP contribution in [0.5, 0.6) is 11.5 Å². The third-order valence-corrected chi connectivity index (χ3v) is 4.65. The lowest BCUT2D eigenvalue weighted by molar-refractivity contribution is 0.171. The first-order chi connectivity index (χ1) is 11.3. The van der Waals surface area contributed by atoms with Crippen LogP contribution in [0.25, 0.3) is 11.4 Å². The summed E-state index contributed by atoms with van der Waals surface area (Å²) in [6, 6.07) is 5.75. The Kier molecular flexibility index (Phi) is 3.92. The van der Waals surface area contributed by atoms with Crippen molar-refractivity contribution in [1.29, 1.82) is 0 Å². The van der Waals surface area contributed by atoms with Crippen LogP contribution in [0, 0.1) is 0 Å². The molecule has 0 saturated carbocycles. The SMILES string of the molecule is Brc1cc2c(cc1NCc1nc(-c3ccsc3)no1)OCCO2. The molecule has 0 aliphatic carbocycles. The quantitative estimate of drug-likeness (QED) is 0.723. The molecule has 8 heteroatoms. The molecule has 0 fully saturated rings. The number of hydrogen-bond donors (Lipinski definition) is 1. The Balaban J connectivity index is 1.49. The molecule has 23 heavy (non-hydrogen) atoms.